The molecule has 3 rings (SSSR count). The minimum atomic E-state index is -0.590. The Kier molecular flexibility index (Phi) is 8.60. The van der Waals surface area contributed by atoms with Gasteiger partial charge in [0.15, 0.2) is 0 Å². The number of hydrogen-bond donors (Lipinski definition) is 2. The maximum atomic E-state index is 13.0. The minimum absolute atomic E-state index is 0.113. The topological polar surface area (TPSA) is 140 Å². The summed E-state index contributed by atoms with van der Waals surface area (Å²) in [6.45, 7) is 6.95. The summed E-state index contributed by atoms with van der Waals surface area (Å²) in [5, 5.41) is 2.74. The Labute approximate surface area is 198 Å². The summed E-state index contributed by atoms with van der Waals surface area (Å²) >= 11 is 0. The predicted octanol–water partition coefficient (Wildman–Crippen LogP) is 2.29. The zero-order chi connectivity index (χ0) is 24.5. The first-order valence-electron chi connectivity index (χ1n) is 11.3. The number of carbonyl (C=O) groups excluding carboxylic acids is 3. The van der Waals surface area contributed by atoms with Crippen molar-refractivity contribution >= 4 is 29.5 Å². The number of aromatic nitrogens is 2. The molecule has 182 valence electrons. The maximum absolute atomic E-state index is 13.0. The van der Waals surface area contributed by atoms with Gasteiger partial charge in [-0.3, -0.25) is 9.59 Å². The number of primary amides is 1. The zero-order valence-corrected chi connectivity index (χ0v) is 19.5. The van der Waals surface area contributed by atoms with E-state index >= 15 is 0 Å². The number of ether oxygens (including phenoxy) is 2. The van der Waals surface area contributed by atoms with Crippen LogP contribution in [0.2, 0.25) is 0 Å². The van der Waals surface area contributed by atoms with Gasteiger partial charge in [0.1, 0.15) is 18.9 Å². The first-order valence-corrected chi connectivity index (χ1v) is 11.3. The van der Waals surface area contributed by atoms with Crippen LogP contribution in [0.15, 0.2) is 30.3 Å². The van der Waals surface area contributed by atoms with Crippen molar-refractivity contribution in [3.63, 3.8) is 0 Å². The fourth-order valence-corrected chi connectivity index (χ4v) is 3.43. The van der Waals surface area contributed by atoms with Gasteiger partial charge >= 0.3 is 6.09 Å². The number of cyclic esters (lactones) is 1. The second kappa shape index (κ2) is 11.8. The highest BCUT2D eigenvalue weighted by Crippen LogP contribution is 2.19. The Hall–Kier alpha value is -3.89. The Bertz CT molecular complexity index is 1020. The van der Waals surface area contributed by atoms with Crippen LogP contribution >= 0.6 is 0 Å². The standard InChI is InChI=1S/C23H30N6O5/c1-3-8-28(9-4-2)22-26-18(21(31)25-17-7-5-6-16(14-17)20(24)30)15-19(27-22)33-12-10-29-11-13-34-23(29)32/h5-7,14-15H,3-4,8-13H2,1-2H3,(H2,24,30)(H,25,31). The molecule has 0 bridgehead atoms. The highest BCUT2D eigenvalue weighted by molar-refractivity contribution is 6.04. The highest BCUT2D eigenvalue weighted by atomic mass is 16.6. The molecule has 2 heterocycles. The lowest BCUT2D eigenvalue weighted by atomic mass is 10.2. The molecule has 0 radical (unpaired) electrons. The molecular weight excluding hydrogens is 440 g/mol. The van der Waals surface area contributed by atoms with E-state index in [-0.39, 0.29) is 29.8 Å². The molecule has 1 aromatic heterocycles. The van der Waals surface area contributed by atoms with Crippen LogP contribution in [-0.4, -0.2) is 72.2 Å². The van der Waals surface area contributed by atoms with E-state index in [9.17, 15) is 14.4 Å². The molecule has 2 aromatic rings. The van der Waals surface area contributed by atoms with Gasteiger partial charge in [0.25, 0.3) is 5.91 Å². The second-order valence-electron chi connectivity index (χ2n) is 7.73. The van der Waals surface area contributed by atoms with Gasteiger partial charge in [0.2, 0.25) is 17.7 Å². The quantitative estimate of drug-likeness (QED) is 0.481. The van der Waals surface area contributed by atoms with E-state index in [1.54, 1.807) is 23.1 Å². The molecule has 1 aromatic carbocycles. The molecule has 0 saturated carbocycles. The lowest BCUT2D eigenvalue weighted by Crippen LogP contribution is -2.30. The van der Waals surface area contributed by atoms with E-state index in [1.165, 1.54) is 12.1 Å². The average Bonchev–Trinajstić information content (AvgIpc) is 3.23. The third-order valence-electron chi connectivity index (χ3n) is 5.05. The largest absolute Gasteiger partial charge is 0.476 e. The SMILES string of the molecule is CCCN(CCC)c1nc(OCCN2CCOC2=O)cc(C(=O)Nc2cccc(C(N)=O)c2)n1. The number of nitrogens with two attached hydrogens (primary N) is 1. The van der Waals surface area contributed by atoms with Gasteiger partial charge in [-0.25, -0.2) is 9.78 Å². The second-order valence-corrected chi connectivity index (χ2v) is 7.73. The Morgan fingerprint density at radius 1 is 1.21 bits per heavy atom. The van der Waals surface area contributed by atoms with Crippen LogP contribution in [0.25, 0.3) is 0 Å². The Morgan fingerprint density at radius 2 is 1.97 bits per heavy atom. The molecule has 0 spiro atoms. The normalized spacial score (nSPS) is 12.9. The zero-order valence-electron chi connectivity index (χ0n) is 19.5. The summed E-state index contributed by atoms with van der Waals surface area (Å²) in [5.74, 6) is -0.456. The molecule has 11 heteroatoms. The summed E-state index contributed by atoms with van der Waals surface area (Å²) in [5.41, 5.74) is 6.13. The summed E-state index contributed by atoms with van der Waals surface area (Å²) in [6.07, 6.45) is 1.39. The fourth-order valence-electron chi connectivity index (χ4n) is 3.43. The van der Waals surface area contributed by atoms with Crippen molar-refractivity contribution in [2.75, 3.05) is 49.6 Å². The van der Waals surface area contributed by atoms with Gasteiger partial charge in [-0.1, -0.05) is 19.9 Å². The maximum Gasteiger partial charge on any atom is 0.410 e. The molecule has 0 aliphatic carbocycles. The molecule has 1 fully saturated rings. The van der Waals surface area contributed by atoms with Gasteiger partial charge in [-0.15, -0.1) is 0 Å². The number of rotatable bonds is 12. The van der Waals surface area contributed by atoms with Crippen molar-refractivity contribution in [2.45, 2.75) is 26.7 Å². The van der Waals surface area contributed by atoms with Gasteiger partial charge in [-0.05, 0) is 31.0 Å². The monoisotopic (exact) mass is 470 g/mol. The predicted molar refractivity (Wildman–Crippen MR) is 126 cm³/mol. The number of carbonyl (C=O) groups is 3. The lowest BCUT2D eigenvalue weighted by Gasteiger charge is -2.22. The Morgan fingerprint density at radius 3 is 2.62 bits per heavy atom. The third kappa shape index (κ3) is 6.56. The molecular formula is C23H30N6O5. The van der Waals surface area contributed by atoms with E-state index in [1.807, 2.05) is 4.90 Å². The van der Waals surface area contributed by atoms with Crippen molar-refractivity contribution in [1.29, 1.82) is 0 Å². The van der Waals surface area contributed by atoms with Crippen molar-refractivity contribution in [2.24, 2.45) is 5.73 Å². The number of benzene rings is 1. The van der Waals surface area contributed by atoms with Crippen molar-refractivity contribution in [3.8, 4) is 5.88 Å². The van der Waals surface area contributed by atoms with Crippen molar-refractivity contribution in [3.05, 3.63) is 41.6 Å². The van der Waals surface area contributed by atoms with E-state index in [0.29, 0.717) is 31.3 Å². The molecule has 0 unspecified atom stereocenters. The number of nitrogens with zero attached hydrogens (tertiary/aromatic N) is 4. The summed E-state index contributed by atoms with van der Waals surface area (Å²) in [6, 6.07) is 7.80. The smallest absolute Gasteiger partial charge is 0.410 e. The van der Waals surface area contributed by atoms with Crippen LogP contribution in [0.4, 0.5) is 16.4 Å². The van der Waals surface area contributed by atoms with Crippen LogP contribution in [0, 0.1) is 0 Å². The number of hydrogen-bond acceptors (Lipinski definition) is 8. The van der Waals surface area contributed by atoms with Crippen LogP contribution in [0.5, 0.6) is 5.88 Å². The molecule has 3 amide bonds. The third-order valence-corrected chi connectivity index (χ3v) is 5.05. The molecule has 3 N–H and O–H groups in total. The molecule has 11 nitrogen and oxygen atoms in total. The van der Waals surface area contributed by atoms with Gasteiger partial charge in [0, 0.05) is 30.4 Å². The molecule has 0 atom stereocenters. The molecule has 1 aliphatic rings. The molecule has 34 heavy (non-hydrogen) atoms. The van der Waals surface area contributed by atoms with Crippen molar-refractivity contribution < 1.29 is 23.9 Å². The van der Waals surface area contributed by atoms with E-state index < -0.39 is 11.8 Å². The number of amides is 3. The van der Waals surface area contributed by atoms with E-state index in [2.05, 4.69) is 29.1 Å². The first-order chi connectivity index (χ1) is 16.4. The number of anilines is 2. The molecule has 1 aliphatic heterocycles. The van der Waals surface area contributed by atoms with Gasteiger partial charge in [-0.2, -0.15) is 4.98 Å². The minimum Gasteiger partial charge on any atom is -0.476 e. The number of nitrogens with one attached hydrogen (secondary N) is 1. The lowest BCUT2D eigenvalue weighted by molar-refractivity contribution is 0.0995. The van der Waals surface area contributed by atoms with Crippen LogP contribution in [0.1, 0.15) is 47.5 Å². The summed E-state index contributed by atoms with van der Waals surface area (Å²) in [7, 11) is 0. The molecule has 1 saturated heterocycles. The van der Waals surface area contributed by atoms with E-state index in [4.69, 9.17) is 15.2 Å². The van der Waals surface area contributed by atoms with Crippen LogP contribution in [-0.2, 0) is 4.74 Å². The Balaban J connectivity index is 1.81. The van der Waals surface area contributed by atoms with Crippen molar-refractivity contribution in [1.82, 2.24) is 14.9 Å². The highest BCUT2D eigenvalue weighted by Gasteiger charge is 2.22. The van der Waals surface area contributed by atoms with E-state index in [0.717, 1.165) is 25.9 Å². The van der Waals surface area contributed by atoms with Crippen LogP contribution in [0.3, 0.4) is 0 Å². The summed E-state index contributed by atoms with van der Waals surface area (Å²) < 4.78 is 10.7. The fraction of sp³-hybridized carbons (Fsp3) is 0.435. The van der Waals surface area contributed by atoms with Gasteiger partial charge in [0.05, 0.1) is 13.1 Å². The van der Waals surface area contributed by atoms with Gasteiger partial charge < -0.3 is 30.3 Å². The average molecular weight is 471 g/mol. The van der Waals surface area contributed by atoms with Crippen LogP contribution < -0.4 is 20.7 Å². The summed E-state index contributed by atoms with van der Waals surface area (Å²) in [4.78, 5) is 48.6. The first kappa shape index (κ1) is 24.7.